The number of fused-ring (bicyclic) bond motifs is 1. The number of nitrogens with zero attached hydrogens (tertiary/aromatic N) is 1. The average molecular weight is 265 g/mol. The Hall–Kier alpha value is -1.53. The Labute approximate surface area is 110 Å². The van der Waals surface area contributed by atoms with Gasteiger partial charge in [-0.3, -0.25) is 4.79 Å². The second kappa shape index (κ2) is 4.86. The van der Waals surface area contributed by atoms with Crippen molar-refractivity contribution in [2.45, 2.75) is 6.42 Å². The van der Waals surface area contributed by atoms with Gasteiger partial charge in [0, 0.05) is 13.2 Å². The summed E-state index contributed by atoms with van der Waals surface area (Å²) in [5, 5.41) is 6.02. The first-order chi connectivity index (χ1) is 9.21. The minimum atomic E-state index is -0.520. The van der Waals surface area contributed by atoms with Gasteiger partial charge in [0.1, 0.15) is 11.6 Å². The van der Waals surface area contributed by atoms with E-state index in [9.17, 15) is 9.18 Å². The van der Waals surface area contributed by atoms with E-state index in [1.807, 2.05) is 0 Å². The van der Waals surface area contributed by atoms with Crippen LogP contribution in [0.3, 0.4) is 0 Å². The summed E-state index contributed by atoms with van der Waals surface area (Å²) in [7, 11) is 0. The Morgan fingerprint density at radius 1 is 1.58 bits per heavy atom. The monoisotopic (exact) mass is 265 g/mol. The second-order valence-electron chi connectivity index (χ2n) is 5.14. The van der Waals surface area contributed by atoms with Crippen molar-refractivity contribution in [1.29, 1.82) is 0 Å². The van der Waals surface area contributed by atoms with Crippen LogP contribution in [0.5, 0.6) is 0 Å². The van der Waals surface area contributed by atoms with Crippen LogP contribution in [0.15, 0.2) is 18.3 Å². The highest BCUT2D eigenvalue weighted by Gasteiger charge is 2.50. The molecule has 1 amide bonds. The molecule has 2 aliphatic heterocycles. The van der Waals surface area contributed by atoms with Gasteiger partial charge in [0.15, 0.2) is 0 Å². The highest BCUT2D eigenvalue weighted by Crippen LogP contribution is 2.38. The van der Waals surface area contributed by atoms with Gasteiger partial charge < -0.3 is 15.4 Å². The lowest BCUT2D eigenvalue weighted by atomic mass is 9.75. The Kier molecular flexibility index (Phi) is 3.20. The number of anilines is 1. The molecule has 0 bridgehead atoms. The topological polar surface area (TPSA) is 63.2 Å². The number of pyridine rings is 1. The summed E-state index contributed by atoms with van der Waals surface area (Å²) in [6, 6.07) is 2.74. The standard InChI is InChI=1S/C13H16FN3O2/c14-10-1-2-11(16-6-10)17-12(18)13-7-15-5-9(13)3-4-19-8-13/h1-2,6,9,15H,3-5,7-8H2,(H,16,17,18)/t9-,13+/m1/s1. The smallest absolute Gasteiger partial charge is 0.235 e. The Balaban J connectivity index is 1.77. The van der Waals surface area contributed by atoms with Crippen molar-refractivity contribution in [3.63, 3.8) is 0 Å². The molecule has 2 saturated heterocycles. The largest absolute Gasteiger partial charge is 0.380 e. The van der Waals surface area contributed by atoms with Crippen LogP contribution in [0.4, 0.5) is 10.2 Å². The number of nitrogens with one attached hydrogen (secondary N) is 2. The molecule has 2 atom stereocenters. The number of halogens is 1. The number of hydrogen-bond acceptors (Lipinski definition) is 4. The maximum absolute atomic E-state index is 12.8. The predicted molar refractivity (Wildman–Crippen MR) is 67.1 cm³/mol. The molecule has 0 unspecified atom stereocenters. The molecule has 0 spiro atoms. The minimum Gasteiger partial charge on any atom is -0.380 e. The normalized spacial score (nSPS) is 29.8. The number of carbonyl (C=O) groups is 1. The second-order valence-corrected chi connectivity index (χ2v) is 5.14. The van der Waals surface area contributed by atoms with Gasteiger partial charge in [-0.15, -0.1) is 0 Å². The fraction of sp³-hybridized carbons (Fsp3) is 0.538. The zero-order valence-corrected chi connectivity index (χ0v) is 10.5. The fourth-order valence-corrected chi connectivity index (χ4v) is 2.86. The number of carbonyl (C=O) groups excluding carboxylic acids is 1. The molecule has 0 aliphatic carbocycles. The summed E-state index contributed by atoms with van der Waals surface area (Å²) >= 11 is 0. The molecule has 5 nitrogen and oxygen atoms in total. The van der Waals surface area contributed by atoms with E-state index < -0.39 is 11.2 Å². The van der Waals surface area contributed by atoms with Crippen molar-refractivity contribution in [2.75, 3.05) is 31.6 Å². The van der Waals surface area contributed by atoms with Crippen LogP contribution >= 0.6 is 0 Å². The lowest BCUT2D eigenvalue weighted by Crippen LogP contribution is -2.49. The lowest BCUT2D eigenvalue weighted by Gasteiger charge is -2.36. The molecule has 2 N–H and O–H groups in total. The van der Waals surface area contributed by atoms with E-state index in [-0.39, 0.29) is 5.91 Å². The van der Waals surface area contributed by atoms with Crippen LogP contribution in [-0.4, -0.2) is 37.2 Å². The van der Waals surface area contributed by atoms with Gasteiger partial charge in [0.25, 0.3) is 0 Å². The predicted octanol–water partition coefficient (Wildman–Crippen LogP) is 0.785. The van der Waals surface area contributed by atoms with E-state index in [2.05, 4.69) is 15.6 Å². The van der Waals surface area contributed by atoms with Gasteiger partial charge in [0.2, 0.25) is 5.91 Å². The molecule has 3 rings (SSSR count). The molecule has 2 aliphatic rings. The van der Waals surface area contributed by atoms with Crippen LogP contribution in [0.25, 0.3) is 0 Å². The molecule has 1 aromatic rings. The SMILES string of the molecule is O=C(Nc1ccc(F)cn1)[C@]12CNC[C@H]1CCOC2. The number of amides is 1. The van der Waals surface area contributed by atoms with Crippen molar-refractivity contribution >= 4 is 11.7 Å². The maximum atomic E-state index is 12.8. The maximum Gasteiger partial charge on any atom is 0.235 e. The van der Waals surface area contributed by atoms with E-state index >= 15 is 0 Å². The molecule has 3 heterocycles. The molecular formula is C13H16FN3O2. The first-order valence-corrected chi connectivity index (χ1v) is 6.42. The van der Waals surface area contributed by atoms with Crippen molar-refractivity contribution in [1.82, 2.24) is 10.3 Å². The molecule has 2 fully saturated rings. The van der Waals surface area contributed by atoms with Gasteiger partial charge >= 0.3 is 0 Å². The first-order valence-electron chi connectivity index (χ1n) is 6.42. The summed E-state index contributed by atoms with van der Waals surface area (Å²) in [4.78, 5) is 16.3. The third-order valence-corrected chi connectivity index (χ3v) is 4.00. The number of hydrogen-bond donors (Lipinski definition) is 2. The summed E-state index contributed by atoms with van der Waals surface area (Å²) < 4.78 is 18.3. The lowest BCUT2D eigenvalue weighted by molar-refractivity contribution is -0.135. The molecule has 1 aromatic heterocycles. The van der Waals surface area contributed by atoms with Crippen molar-refractivity contribution in [3.8, 4) is 0 Å². The number of ether oxygens (including phenoxy) is 1. The summed E-state index contributed by atoms with van der Waals surface area (Å²) in [6.45, 7) is 2.59. The third-order valence-electron chi connectivity index (χ3n) is 4.00. The molecule has 0 aromatic carbocycles. The van der Waals surface area contributed by atoms with Gasteiger partial charge in [-0.25, -0.2) is 9.37 Å². The van der Waals surface area contributed by atoms with E-state index in [0.29, 0.717) is 31.5 Å². The van der Waals surface area contributed by atoms with Crippen LogP contribution in [0.1, 0.15) is 6.42 Å². The van der Waals surface area contributed by atoms with E-state index in [4.69, 9.17) is 4.74 Å². The van der Waals surface area contributed by atoms with E-state index in [1.165, 1.54) is 12.1 Å². The fourth-order valence-electron chi connectivity index (χ4n) is 2.86. The van der Waals surface area contributed by atoms with E-state index in [0.717, 1.165) is 19.2 Å². The number of aromatic nitrogens is 1. The third kappa shape index (κ3) is 2.21. The Morgan fingerprint density at radius 3 is 3.26 bits per heavy atom. The number of rotatable bonds is 2. The quantitative estimate of drug-likeness (QED) is 0.829. The highest BCUT2D eigenvalue weighted by molar-refractivity contribution is 5.95. The molecular weight excluding hydrogens is 249 g/mol. The summed E-state index contributed by atoms with van der Waals surface area (Å²) in [5.74, 6) is 0.151. The molecule has 6 heteroatoms. The minimum absolute atomic E-state index is 0.0960. The van der Waals surface area contributed by atoms with Crippen molar-refractivity contribution in [3.05, 3.63) is 24.1 Å². The molecule has 19 heavy (non-hydrogen) atoms. The van der Waals surface area contributed by atoms with Gasteiger partial charge in [-0.05, 0) is 31.0 Å². The zero-order valence-electron chi connectivity index (χ0n) is 10.5. The van der Waals surface area contributed by atoms with E-state index in [1.54, 1.807) is 0 Å². The van der Waals surface area contributed by atoms with Crippen molar-refractivity contribution in [2.24, 2.45) is 11.3 Å². The summed E-state index contributed by atoms with van der Waals surface area (Å²) in [5.41, 5.74) is -0.520. The Morgan fingerprint density at radius 2 is 2.47 bits per heavy atom. The Bertz CT molecular complexity index is 479. The van der Waals surface area contributed by atoms with Gasteiger partial charge in [0.05, 0.1) is 18.2 Å². The van der Waals surface area contributed by atoms with Crippen LogP contribution in [0.2, 0.25) is 0 Å². The average Bonchev–Trinajstić information content (AvgIpc) is 2.86. The highest BCUT2D eigenvalue weighted by atomic mass is 19.1. The molecule has 102 valence electrons. The van der Waals surface area contributed by atoms with Crippen LogP contribution < -0.4 is 10.6 Å². The first kappa shape index (κ1) is 12.5. The van der Waals surface area contributed by atoms with Crippen molar-refractivity contribution < 1.29 is 13.9 Å². The van der Waals surface area contributed by atoms with Gasteiger partial charge in [-0.1, -0.05) is 0 Å². The molecule has 0 radical (unpaired) electrons. The summed E-state index contributed by atoms with van der Waals surface area (Å²) in [6.07, 6.45) is 1.98. The molecule has 0 saturated carbocycles. The van der Waals surface area contributed by atoms with Gasteiger partial charge in [-0.2, -0.15) is 0 Å². The van der Waals surface area contributed by atoms with Crippen LogP contribution in [0, 0.1) is 17.2 Å². The zero-order chi connectivity index (χ0) is 13.3. The van der Waals surface area contributed by atoms with Crippen LogP contribution in [-0.2, 0) is 9.53 Å².